The lowest BCUT2D eigenvalue weighted by Gasteiger charge is -2.16. The fourth-order valence-corrected chi connectivity index (χ4v) is 2.06. The lowest BCUT2D eigenvalue weighted by molar-refractivity contribution is 0.790. The molecule has 2 rings (SSSR count). The molecule has 0 saturated heterocycles. The number of benzene rings is 2. The summed E-state index contributed by atoms with van der Waals surface area (Å²) in [7, 11) is 0. The predicted molar refractivity (Wildman–Crippen MR) is 78.8 cm³/mol. The van der Waals surface area contributed by atoms with Gasteiger partial charge in [0.25, 0.3) is 0 Å². The predicted octanol–water partition coefficient (Wildman–Crippen LogP) is 3.18. The molecule has 2 aromatic carbocycles. The largest absolute Gasteiger partial charge is 0.399 e. The number of hydrogen-bond acceptors (Lipinski definition) is 3. The number of nitrogens with two attached hydrogens (primary N) is 1. The SMILES string of the molecule is CC(Cc1ccccc1)Nc1ccc(N)cc1C#N. The summed E-state index contributed by atoms with van der Waals surface area (Å²) in [6.45, 7) is 2.10. The number of nitrogens with zero attached hydrogens (tertiary/aromatic N) is 1. The smallest absolute Gasteiger partial charge is 0.101 e. The van der Waals surface area contributed by atoms with E-state index in [9.17, 15) is 0 Å². The van der Waals surface area contributed by atoms with Gasteiger partial charge in [-0.3, -0.25) is 0 Å². The van der Waals surface area contributed by atoms with Gasteiger partial charge in [-0.15, -0.1) is 0 Å². The molecule has 2 aromatic rings. The van der Waals surface area contributed by atoms with Gasteiger partial charge in [0.1, 0.15) is 6.07 Å². The van der Waals surface area contributed by atoms with Gasteiger partial charge < -0.3 is 11.1 Å². The van der Waals surface area contributed by atoms with Crippen molar-refractivity contribution in [3.05, 3.63) is 59.7 Å². The Morgan fingerprint density at radius 1 is 1.21 bits per heavy atom. The van der Waals surface area contributed by atoms with E-state index in [2.05, 4.69) is 30.4 Å². The molecular weight excluding hydrogens is 234 g/mol. The molecule has 0 aliphatic rings. The summed E-state index contributed by atoms with van der Waals surface area (Å²) in [4.78, 5) is 0. The quantitative estimate of drug-likeness (QED) is 0.820. The first-order valence-corrected chi connectivity index (χ1v) is 6.29. The van der Waals surface area contributed by atoms with Gasteiger partial charge in [-0.2, -0.15) is 5.26 Å². The van der Waals surface area contributed by atoms with Crippen molar-refractivity contribution in [2.45, 2.75) is 19.4 Å². The first kappa shape index (κ1) is 13.0. The van der Waals surface area contributed by atoms with Gasteiger partial charge in [-0.25, -0.2) is 0 Å². The Morgan fingerprint density at radius 3 is 2.63 bits per heavy atom. The van der Waals surface area contributed by atoms with E-state index in [4.69, 9.17) is 11.0 Å². The van der Waals surface area contributed by atoms with E-state index in [-0.39, 0.29) is 6.04 Å². The molecular formula is C16H17N3. The third kappa shape index (κ3) is 3.49. The minimum atomic E-state index is 0.248. The number of hydrogen-bond donors (Lipinski definition) is 2. The third-order valence-corrected chi connectivity index (χ3v) is 2.95. The minimum absolute atomic E-state index is 0.248. The van der Waals surface area contributed by atoms with Gasteiger partial charge in [0.2, 0.25) is 0 Å². The fourth-order valence-electron chi connectivity index (χ4n) is 2.06. The molecule has 3 N–H and O–H groups in total. The molecule has 0 spiro atoms. The van der Waals surface area contributed by atoms with Crippen molar-refractivity contribution >= 4 is 11.4 Å². The summed E-state index contributed by atoms with van der Waals surface area (Å²) >= 11 is 0. The van der Waals surface area contributed by atoms with Crippen LogP contribution < -0.4 is 11.1 Å². The van der Waals surface area contributed by atoms with Crippen molar-refractivity contribution in [3.63, 3.8) is 0 Å². The number of nitrogens with one attached hydrogen (secondary N) is 1. The molecule has 0 amide bonds. The Labute approximate surface area is 113 Å². The van der Waals surface area contributed by atoms with Crippen LogP contribution in [-0.2, 0) is 6.42 Å². The first-order chi connectivity index (χ1) is 9.19. The molecule has 0 radical (unpaired) electrons. The van der Waals surface area contributed by atoms with Gasteiger partial charge in [-0.1, -0.05) is 30.3 Å². The van der Waals surface area contributed by atoms with E-state index in [0.29, 0.717) is 11.3 Å². The fraction of sp³-hybridized carbons (Fsp3) is 0.188. The molecule has 1 atom stereocenters. The Balaban J connectivity index is 2.07. The molecule has 0 heterocycles. The van der Waals surface area contributed by atoms with Crippen LogP contribution in [0.4, 0.5) is 11.4 Å². The zero-order valence-corrected chi connectivity index (χ0v) is 10.9. The monoisotopic (exact) mass is 251 g/mol. The van der Waals surface area contributed by atoms with E-state index in [0.717, 1.165) is 12.1 Å². The van der Waals surface area contributed by atoms with Crippen LogP contribution in [0.25, 0.3) is 0 Å². The molecule has 0 aliphatic heterocycles. The van der Waals surface area contributed by atoms with Gasteiger partial charge in [-0.05, 0) is 37.1 Å². The van der Waals surface area contributed by atoms with Crippen LogP contribution in [0.1, 0.15) is 18.1 Å². The number of anilines is 2. The lowest BCUT2D eigenvalue weighted by Crippen LogP contribution is -2.18. The highest BCUT2D eigenvalue weighted by Crippen LogP contribution is 2.19. The zero-order chi connectivity index (χ0) is 13.7. The van der Waals surface area contributed by atoms with Crippen LogP contribution in [0.3, 0.4) is 0 Å². The Bertz CT molecular complexity index is 585. The molecule has 19 heavy (non-hydrogen) atoms. The highest BCUT2D eigenvalue weighted by atomic mass is 14.9. The normalized spacial score (nSPS) is 11.6. The van der Waals surface area contributed by atoms with Gasteiger partial charge >= 0.3 is 0 Å². The van der Waals surface area contributed by atoms with E-state index >= 15 is 0 Å². The van der Waals surface area contributed by atoms with Gasteiger partial charge in [0, 0.05) is 11.7 Å². The van der Waals surface area contributed by atoms with Crippen molar-refractivity contribution in [3.8, 4) is 6.07 Å². The molecule has 0 bridgehead atoms. The van der Waals surface area contributed by atoms with Crippen molar-refractivity contribution in [1.82, 2.24) is 0 Å². The second-order valence-corrected chi connectivity index (χ2v) is 4.65. The van der Waals surface area contributed by atoms with Crippen LogP contribution in [0.2, 0.25) is 0 Å². The van der Waals surface area contributed by atoms with E-state index < -0.39 is 0 Å². The first-order valence-electron chi connectivity index (χ1n) is 6.29. The molecule has 3 heteroatoms. The average molecular weight is 251 g/mol. The minimum Gasteiger partial charge on any atom is -0.399 e. The van der Waals surface area contributed by atoms with Crippen LogP contribution in [-0.4, -0.2) is 6.04 Å². The van der Waals surface area contributed by atoms with Crippen LogP contribution in [0, 0.1) is 11.3 Å². The standard InChI is InChI=1S/C16H17N3/c1-12(9-13-5-3-2-4-6-13)19-16-8-7-15(18)10-14(16)11-17/h2-8,10,12,19H,9,18H2,1H3. The highest BCUT2D eigenvalue weighted by Gasteiger charge is 2.07. The zero-order valence-electron chi connectivity index (χ0n) is 10.9. The van der Waals surface area contributed by atoms with E-state index in [1.54, 1.807) is 12.1 Å². The summed E-state index contributed by atoms with van der Waals surface area (Å²) in [5.41, 5.74) is 8.98. The molecule has 1 unspecified atom stereocenters. The highest BCUT2D eigenvalue weighted by molar-refractivity contribution is 5.63. The maximum absolute atomic E-state index is 9.10. The van der Waals surface area contributed by atoms with Crippen molar-refractivity contribution in [1.29, 1.82) is 5.26 Å². The van der Waals surface area contributed by atoms with Crippen molar-refractivity contribution in [2.24, 2.45) is 0 Å². The molecule has 0 fully saturated rings. The summed E-state index contributed by atoms with van der Waals surface area (Å²) in [5, 5.41) is 12.5. The van der Waals surface area contributed by atoms with Gasteiger partial charge in [0.15, 0.2) is 0 Å². The second-order valence-electron chi connectivity index (χ2n) is 4.65. The Kier molecular flexibility index (Phi) is 4.04. The maximum atomic E-state index is 9.10. The van der Waals surface area contributed by atoms with E-state index in [1.807, 2.05) is 24.3 Å². The second kappa shape index (κ2) is 5.92. The van der Waals surface area contributed by atoms with Crippen LogP contribution >= 0.6 is 0 Å². The number of nitriles is 1. The summed E-state index contributed by atoms with van der Waals surface area (Å²) in [5.74, 6) is 0. The lowest BCUT2D eigenvalue weighted by atomic mass is 10.1. The number of nitrogen functional groups attached to an aromatic ring is 1. The van der Waals surface area contributed by atoms with Crippen LogP contribution in [0.15, 0.2) is 48.5 Å². The Morgan fingerprint density at radius 2 is 1.95 bits per heavy atom. The molecule has 96 valence electrons. The van der Waals surface area contributed by atoms with Gasteiger partial charge in [0.05, 0.1) is 11.3 Å². The maximum Gasteiger partial charge on any atom is 0.101 e. The molecule has 0 aromatic heterocycles. The van der Waals surface area contributed by atoms with E-state index in [1.165, 1.54) is 5.56 Å². The third-order valence-electron chi connectivity index (χ3n) is 2.95. The number of rotatable bonds is 4. The summed E-state index contributed by atoms with van der Waals surface area (Å²) in [6, 6.07) is 18.0. The molecule has 0 saturated carbocycles. The Hall–Kier alpha value is -2.47. The summed E-state index contributed by atoms with van der Waals surface area (Å²) < 4.78 is 0. The van der Waals surface area contributed by atoms with Crippen molar-refractivity contribution < 1.29 is 0 Å². The topological polar surface area (TPSA) is 61.8 Å². The molecule has 0 aliphatic carbocycles. The van der Waals surface area contributed by atoms with Crippen molar-refractivity contribution in [2.75, 3.05) is 11.1 Å². The summed E-state index contributed by atoms with van der Waals surface area (Å²) in [6.07, 6.45) is 0.913. The average Bonchev–Trinajstić information content (AvgIpc) is 2.42. The van der Waals surface area contributed by atoms with Crippen LogP contribution in [0.5, 0.6) is 0 Å². The molecule has 3 nitrogen and oxygen atoms in total.